The van der Waals surface area contributed by atoms with Crippen molar-refractivity contribution in [2.45, 2.75) is 0 Å². The third-order valence-corrected chi connectivity index (χ3v) is 3.95. The Labute approximate surface area is 106 Å². The number of fused-ring (bicyclic) bond motifs is 1. The molecule has 0 aliphatic carbocycles. The van der Waals surface area contributed by atoms with E-state index in [4.69, 9.17) is 4.65 Å². The van der Waals surface area contributed by atoms with E-state index in [1.54, 1.807) is 19.4 Å². The van der Waals surface area contributed by atoms with Gasteiger partial charge in [-0.25, -0.2) is 0 Å². The van der Waals surface area contributed by atoms with Gasteiger partial charge in [-0.2, -0.15) is 0 Å². The van der Waals surface area contributed by atoms with E-state index in [1.165, 1.54) is 14.8 Å². The van der Waals surface area contributed by atoms with Gasteiger partial charge >= 0.3 is 106 Å². The van der Waals surface area contributed by atoms with E-state index < -0.39 is 0 Å². The van der Waals surface area contributed by atoms with Crippen molar-refractivity contribution in [1.82, 2.24) is 0 Å². The molecule has 0 aliphatic rings. The van der Waals surface area contributed by atoms with Crippen LogP contribution in [-0.2, 0) is 0 Å². The molecule has 0 radical (unpaired) electrons. The van der Waals surface area contributed by atoms with E-state index in [9.17, 15) is 0 Å². The summed E-state index contributed by atoms with van der Waals surface area (Å²) in [6, 6.07) is 16.6. The van der Waals surface area contributed by atoms with Crippen LogP contribution in [0.2, 0.25) is 0 Å². The van der Waals surface area contributed by atoms with E-state index in [1.807, 2.05) is 18.2 Å². The van der Waals surface area contributed by atoms with Gasteiger partial charge in [0.25, 0.3) is 0 Å². The fourth-order valence-electron chi connectivity index (χ4n) is 1.96. The summed E-state index contributed by atoms with van der Waals surface area (Å²) in [7, 11) is 1.71. The molecule has 2 aromatic carbocycles. The van der Waals surface area contributed by atoms with Crippen LogP contribution in [0.3, 0.4) is 0 Å². The molecule has 0 unspecified atom stereocenters. The first-order valence-electron chi connectivity index (χ1n) is 5.50. The first kappa shape index (κ1) is 10.6. The van der Waals surface area contributed by atoms with Crippen molar-refractivity contribution in [2.75, 3.05) is 0 Å². The third kappa shape index (κ3) is 1.89. The van der Waals surface area contributed by atoms with Gasteiger partial charge in [-0.15, -0.1) is 0 Å². The molecular weight excluding hydrogens is 226 g/mol. The van der Waals surface area contributed by atoms with Gasteiger partial charge in [-0.05, 0) is 0 Å². The van der Waals surface area contributed by atoms with Crippen molar-refractivity contribution >= 4 is 36.3 Å². The van der Waals surface area contributed by atoms with Crippen LogP contribution in [0.25, 0.3) is 20.3 Å². The first-order chi connectivity index (χ1) is 8.38. The Morgan fingerprint density at radius 3 is 2.59 bits per heavy atom. The molecule has 0 saturated heterocycles. The summed E-state index contributed by atoms with van der Waals surface area (Å²) in [4.78, 5) is 0. The summed E-state index contributed by atoms with van der Waals surface area (Å²) in [5.41, 5.74) is 1.16. The number of para-hydroxylation sites is 1. The molecule has 0 amide bonds. The van der Waals surface area contributed by atoms with Crippen molar-refractivity contribution in [2.24, 2.45) is 0 Å². The molecule has 1 aromatic heterocycles. The second-order valence-electron chi connectivity index (χ2n) is 3.85. The summed E-state index contributed by atoms with van der Waals surface area (Å²) >= 11 is 1.80. The van der Waals surface area contributed by atoms with E-state index in [0.717, 1.165) is 11.3 Å². The van der Waals surface area contributed by atoms with Crippen LogP contribution < -0.4 is 4.65 Å². The molecule has 0 atom stereocenters. The average Bonchev–Trinajstić information content (AvgIpc) is 2.82. The fraction of sp³-hybridized carbons (Fsp3) is 0. The number of rotatable bonds is 2. The van der Waals surface area contributed by atoms with Crippen LogP contribution in [-0.4, -0.2) is 15.0 Å². The second kappa shape index (κ2) is 4.38. The monoisotopic (exact) mass is 236 g/mol. The molecule has 4 heteroatoms. The maximum absolute atomic E-state index is 5.40. The number of hydrogen-bond donors (Lipinski definition) is 0. The topological polar surface area (TPSA) is 9.23 Å². The van der Waals surface area contributed by atoms with Gasteiger partial charge in [0.15, 0.2) is 0 Å². The van der Waals surface area contributed by atoms with Gasteiger partial charge in [0.05, 0.1) is 0 Å². The molecule has 0 bridgehead atoms. The van der Waals surface area contributed by atoms with E-state index in [-0.39, 0.29) is 0 Å². The zero-order valence-corrected chi connectivity index (χ0v) is 10.3. The summed E-state index contributed by atoms with van der Waals surface area (Å²) in [6.07, 6.45) is 0. The van der Waals surface area contributed by atoms with Crippen LogP contribution in [0.1, 0.15) is 0 Å². The molecule has 1 nitrogen and oxygen atoms in total. The predicted molar refractivity (Wildman–Crippen MR) is 77.8 cm³/mol. The van der Waals surface area contributed by atoms with Crippen LogP contribution in [0.4, 0.5) is 0 Å². The molecule has 0 spiro atoms. The predicted octanol–water partition coefficient (Wildman–Crippen LogP) is 2.83. The Balaban J connectivity index is 2.20. The molecular formula is C13H10B2OS. The van der Waals surface area contributed by atoms with Crippen molar-refractivity contribution in [3.63, 3.8) is 0 Å². The molecule has 17 heavy (non-hydrogen) atoms. The quantitative estimate of drug-likeness (QED) is 0.621. The van der Waals surface area contributed by atoms with Crippen LogP contribution in [0, 0.1) is 0 Å². The van der Waals surface area contributed by atoms with Crippen molar-refractivity contribution < 1.29 is 4.65 Å². The third-order valence-electron chi connectivity index (χ3n) is 2.80. The van der Waals surface area contributed by atoms with Crippen LogP contribution in [0.15, 0.2) is 48.5 Å². The Bertz CT molecular complexity index is 630. The van der Waals surface area contributed by atoms with Gasteiger partial charge in [-0.1, -0.05) is 0 Å². The number of benzene rings is 2. The Morgan fingerprint density at radius 1 is 1.00 bits per heavy atom. The zero-order valence-electron chi connectivity index (χ0n) is 9.51. The zero-order chi connectivity index (χ0) is 11.7. The van der Waals surface area contributed by atoms with E-state index in [0.29, 0.717) is 0 Å². The minimum atomic E-state index is 0.930. The SMILES string of the molecule is BOc1ccccc1-c1bc2ccccc2s1. The summed E-state index contributed by atoms with van der Waals surface area (Å²) in [6.45, 7) is 2.22. The summed E-state index contributed by atoms with van der Waals surface area (Å²) in [5.74, 6) is 0.930. The minimum absolute atomic E-state index is 0.930. The molecule has 0 fully saturated rings. The Hall–Kier alpha value is -1.54. The van der Waals surface area contributed by atoms with Crippen LogP contribution in [0.5, 0.6) is 5.75 Å². The second-order valence-corrected chi connectivity index (χ2v) is 4.93. The molecule has 0 N–H and O–H groups in total. The van der Waals surface area contributed by atoms with Gasteiger partial charge in [-0.3, -0.25) is 0 Å². The van der Waals surface area contributed by atoms with Gasteiger partial charge in [0, 0.05) is 0 Å². The Morgan fingerprint density at radius 2 is 1.76 bits per heavy atom. The van der Waals surface area contributed by atoms with Gasteiger partial charge < -0.3 is 0 Å². The fourth-order valence-corrected chi connectivity index (χ4v) is 3.06. The molecule has 3 rings (SSSR count). The van der Waals surface area contributed by atoms with Crippen molar-refractivity contribution in [1.29, 1.82) is 0 Å². The Kier molecular flexibility index (Phi) is 2.73. The standard InChI is InChI=1S/C13H10B2OS/c14-16-11-7-3-1-5-9(11)13-15-10-6-2-4-8-12(10)17-13/h1-8H,14H2. The molecule has 1 heterocycles. The van der Waals surface area contributed by atoms with Crippen LogP contribution >= 0.6 is 11.3 Å². The summed E-state index contributed by atoms with van der Waals surface area (Å²) in [5, 5.41) is 1.29. The maximum atomic E-state index is 5.40. The summed E-state index contributed by atoms with van der Waals surface area (Å²) < 4.78 is 7.97. The van der Waals surface area contributed by atoms with E-state index in [2.05, 4.69) is 37.2 Å². The van der Waals surface area contributed by atoms with Gasteiger partial charge in [0.1, 0.15) is 0 Å². The molecule has 0 aliphatic heterocycles. The average molecular weight is 236 g/mol. The van der Waals surface area contributed by atoms with E-state index >= 15 is 0 Å². The molecule has 3 aromatic rings. The normalized spacial score (nSPS) is 10.4. The van der Waals surface area contributed by atoms with Gasteiger partial charge in [0.2, 0.25) is 0 Å². The number of hydrogen-bond acceptors (Lipinski definition) is 2. The molecule has 0 saturated carbocycles. The van der Waals surface area contributed by atoms with Crippen molar-refractivity contribution in [3.8, 4) is 16.1 Å². The van der Waals surface area contributed by atoms with Crippen molar-refractivity contribution in [3.05, 3.63) is 48.5 Å². The molecule has 80 valence electrons. The first-order valence-corrected chi connectivity index (χ1v) is 6.32.